The predicted molar refractivity (Wildman–Crippen MR) is 21.2 cm³/mol. The van der Waals surface area contributed by atoms with Gasteiger partial charge in [-0.25, -0.2) is 0 Å². The quantitative estimate of drug-likeness (QED) is 0.506. The molecule has 0 spiro atoms. The molecule has 0 aliphatic heterocycles. The van der Waals surface area contributed by atoms with E-state index in [-0.39, 0.29) is 5.48 Å². The Labute approximate surface area is 47.0 Å². The molecule has 0 rings (SSSR count). The average Bonchev–Trinajstić information content (AvgIpc) is 0.811. The third-order valence-corrected chi connectivity index (χ3v) is 0. The first kappa shape index (κ1) is 9.59. The van der Waals surface area contributed by atoms with Gasteiger partial charge >= 0.3 is 41.3 Å². The monoisotopic (exact) mass is 181 g/mol. The summed E-state index contributed by atoms with van der Waals surface area (Å²) < 4.78 is 0. The van der Waals surface area contributed by atoms with Gasteiger partial charge in [0.2, 0.25) is 0 Å². The van der Waals surface area contributed by atoms with Crippen LogP contribution in [0.2, 0.25) is 0 Å². The summed E-state index contributed by atoms with van der Waals surface area (Å²) in [5, 5.41) is 0. The van der Waals surface area contributed by atoms with Crippen molar-refractivity contribution in [3.8, 4) is 0 Å². The third kappa shape index (κ3) is 33.6. The molecular formula is H2Cl3NiO. The first-order chi connectivity index (χ1) is 1.73. The van der Waals surface area contributed by atoms with Crippen molar-refractivity contribution >= 4 is 30.6 Å². The van der Waals surface area contributed by atoms with Crippen LogP contribution in [0.15, 0.2) is 0 Å². The molecule has 5 heavy (non-hydrogen) atoms. The van der Waals surface area contributed by atoms with Gasteiger partial charge in [-0.1, -0.05) is 0 Å². The molecule has 0 fully saturated rings. The minimum atomic E-state index is -1.04. The van der Waals surface area contributed by atoms with E-state index in [1.165, 1.54) is 0 Å². The van der Waals surface area contributed by atoms with Gasteiger partial charge in [-0.05, 0) is 0 Å². The predicted octanol–water partition coefficient (Wildman–Crippen LogP) is 1.24. The van der Waals surface area contributed by atoms with Crippen LogP contribution in [0.25, 0.3) is 0 Å². The van der Waals surface area contributed by atoms with Crippen molar-refractivity contribution in [2.24, 2.45) is 0 Å². The summed E-state index contributed by atoms with van der Waals surface area (Å²) in [6.45, 7) is 0. The van der Waals surface area contributed by atoms with Gasteiger partial charge in [-0.2, -0.15) is 0 Å². The Balaban J connectivity index is 0. The van der Waals surface area contributed by atoms with Gasteiger partial charge in [0.05, 0.1) is 0 Å². The third-order valence-electron chi connectivity index (χ3n) is 0. The number of rotatable bonds is 0. The molecule has 0 bridgehead atoms. The summed E-state index contributed by atoms with van der Waals surface area (Å²) in [7, 11) is 13.5. The van der Waals surface area contributed by atoms with Gasteiger partial charge in [0.1, 0.15) is 0 Å². The van der Waals surface area contributed by atoms with Crippen molar-refractivity contribution in [1.29, 1.82) is 0 Å². The van der Waals surface area contributed by atoms with E-state index in [9.17, 15) is 0 Å². The van der Waals surface area contributed by atoms with Crippen molar-refractivity contribution in [3.63, 3.8) is 0 Å². The van der Waals surface area contributed by atoms with Crippen LogP contribution in [0.1, 0.15) is 0 Å². The van der Waals surface area contributed by atoms with Crippen molar-refractivity contribution < 1.29 is 16.2 Å². The van der Waals surface area contributed by atoms with E-state index in [1.807, 2.05) is 0 Å². The van der Waals surface area contributed by atoms with E-state index >= 15 is 0 Å². The second kappa shape index (κ2) is 5.32. The molecule has 0 aromatic heterocycles. The normalized spacial score (nSPS) is 9.00. The van der Waals surface area contributed by atoms with E-state index in [4.69, 9.17) is 30.6 Å². The van der Waals surface area contributed by atoms with E-state index in [1.54, 1.807) is 0 Å². The zero-order valence-electron chi connectivity index (χ0n) is 1.95. The Bertz CT molecular complexity index is 11.6. The van der Waals surface area contributed by atoms with Gasteiger partial charge in [0.15, 0.2) is 0 Å². The molecule has 0 heterocycles. The van der Waals surface area contributed by atoms with E-state index in [2.05, 4.69) is 0 Å². The van der Waals surface area contributed by atoms with Gasteiger partial charge in [0.25, 0.3) is 0 Å². The molecule has 0 aliphatic carbocycles. The standard InChI is InChI=1S/3ClH.Ni.H2O/h3*1H;;1H2/q;;;+3;/p-3. The van der Waals surface area contributed by atoms with Crippen LogP contribution < -0.4 is 0 Å². The Morgan fingerprint density at radius 2 is 1.00 bits per heavy atom. The van der Waals surface area contributed by atoms with Crippen LogP contribution in [0.3, 0.4) is 0 Å². The molecule has 5 heteroatoms. The van der Waals surface area contributed by atoms with E-state index < -0.39 is 10.7 Å². The fourth-order valence-electron chi connectivity index (χ4n) is 0. The molecule has 0 saturated heterocycles. The fourth-order valence-corrected chi connectivity index (χ4v) is 0. The van der Waals surface area contributed by atoms with Crippen LogP contribution in [0, 0.1) is 0 Å². The first-order valence-corrected chi connectivity index (χ1v) is 4.44. The Kier molecular flexibility index (Phi) is 10.2. The molecule has 0 aliphatic rings. The first-order valence-electron chi connectivity index (χ1n) is 0.359. The van der Waals surface area contributed by atoms with Gasteiger partial charge in [-0.15, -0.1) is 0 Å². The minimum absolute atomic E-state index is 0. The maximum atomic E-state index is 4.85. The SMILES string of the molecule is O.[Cl][Ni]([Cl])[Cl]. The molecule has 39 valence electrons. The topological polar surface area (TPSA) is 31.5 Å². The molecule has 1 nitrogen and oxygen atoms in total. The number of hydrogen-bond acceptors (Lipinski definition) is 0. The molecule has 0 aromatic rings. The van der Waals surface area contributed by atoms with Crippen LogP contribution in [-0.2, 0) is 10.7 Å². The van der Waals surface area contributed by atoms with Gasteiger partial charge in [0, 0.05) is 0 Å². The average molecular weight is 183 g/mol. The molecule has 0 aromatic carbocycles. The second-order valence-electron chi connectivity index (χ2n) is 0.136. The summed E-state index contributed by atoms with van der Waals surface area (Å²) in [5.41, 5.74) is 0. The molecule has 0 radical (unpaired) electrons. The van der Waals surface area contributed by atoms with Crippen LogP contribution in [-0.4, -0.2) is 5.48 Å². The summed E-state index contributed by atoms with van der Waals surface area (Å²) in [6, 6.07) is 0. The van der Waals surface area contributed by atoms with Gasteiger partial charge < -0.3 is 5.48 Å². The van der Waals surface area contributed by atoms with Crippen molar-refractivity contribution in [1.82, 2.24) is 0 Å². The molecular weight excluding hydrogens is 181 g/mol. The Hall–Kier alpha value is 1.32. The van der Waals surface area contributed by atoms with E-state index in [0.717, 1.165) is 0 Å². The molecule has 0 unspecified atom stereocenters. The van der Waals surface area contributed by atoms with E-state index in [0.29, 0.717) is 0 Å². The zero-order valence-corrected chi connectivity index (χ0v) is 5.21. The van der Waals surface area contributed by atoms with Crippen LogP contribution in [0.4, 0.5) is 0 Å². The number of hydrogen-bond donors (Lipinski definition) is 0. The van der Waals surface area contributed by atoms with Crippen LogP contribution >= 0.6 is 30.6 Å². The number of halogens is 3. The van der Waals surface area contributed by atoms with Crippen molar-refractivity contribution in [2.75, 3.05) is 0 Å². The summed E-state index contributed by atoms with van der Waals surface area (Å²) in [6.07, 6.45) is 0. The van der Waals surface area contributed by atoms with Crippen LogP contribution in [0.5, 0.6) is 0 Å². The van der Waals surface area contributed by atoms with Crippen molar-refractivity contribution in [2.45, 2.75) is 0 Å². The molecule has 0 atom stereocenters. The zero-order chi connectivity index (χ0) is 3.58. The molecule has 0 saturated carbocycles. The molecule has 0 amide bonds. The summed E-state index contributed by atoms with van der Waals surface area (Å²) >= 11 is 0. The Morgan fingerprint density at radius 3 is 1.00 bits per heavy atom. The second-order valence-corrected chi connectivity index (χ2v) is 5.03. The van der Waals surface area contributed by atoms with Gasteiger partial charge in [-0.3, -0.25) is 0 Å². The maximum absolute atomic E-state index is 4.85. The summed E-state index contributed by atoms with van der Waals surface area (Å²) in [4.78, 5) is 0. The molecule has 2 N–H and O–H groups in total. The van der Waals surface area contributed by atoms with Crippen molar-refractivity contribution in [3.05, 3.63) is 0 Å². The summed E-state index contributed by atoms with van der Waals surface area (Å²) in [5.74, 6) is 0. The Morgan fingerprint density at radius 1 is 1.00 bits per heavy atom. The fraction of sp³-hybridized carbons (Fsp3) is 0.